The van der Waals surface area contributed by atoms with E-state index >= 15 is 0 Å². The fraction of sp³-hybridized carbons (Fsp3) is 0.200. The summed E-state index contributed by atoms with van der Waals surface area (Å²) in [5.41, 5.74) is 5.14. The van der Waals surface area contributed by atoms with E-state index in [0.29, 0.717) is 18.7 Å². The van der Waals surface area contributed by atoms with Crippen molar-refractivity contribution in [2.75, 3.05) is 13.1 Å². The normalized spacial score (nSPS) is 14.7. The van der Waals surface area contributed by atoms with Crippen LogP contribution in [0.2, 0.25) is 5.02 Å². The molecule has 2 aromatic rings. The molecule has 0 aromatic heterocycles. The zero-order valence-electron chi connectivity index (χ0n) is 15.8. The van der Waals surface area contributed by atoms with Gasteiger partial charge in [0.1, 0.15) is 5.82 Å². The molecule has 3 rings (SSSR count). The van der Waals surface area contributed by atoms with Crippen LogP contribution in [0.15, 0.2) is 53.4 Å². The Morgan fingerprint density at radius 2 is 1.70 bits per heavy atom. The minimum absolute atomic E-state index is 0.0685. The first-order chi connectivity index (χ1) is 14.3. The quantitative estimate of drug-likeness (QED) is 0.539. The number of hydrogen-bond acceptors (Lipinski definition) is 4. The SMILES string of the molecule is O=C(/C=C/c1ccc(F)c(Cl)c1)NNC(=O)c1ccc(S(=O)(=O)N2CCCC2)cc1. The van der Waals surface area contributed by atoms with Crippen molar-refractivity contribution < 1.29 is 22.4 Å². The van der Waals surface area contributed by atoms with Crippen LogP contribution in [-0.4, -0.2) is 37.6 Å². The highest BCUT2D eigenvalue weighted by molar-refractivity contribution is 7.89. The summed E-state index contributed by atoms with van der Waals surface area (Å²) in [5, 5.41) is -0.0685. The van der Waals surface area contributed by atoms with Crippen LogP contribution in [0.5, 0.6) is 0 Å². The average Bonchev–Trinajstić information content (AvgIpc) is 3.29. The van der Waals surface area contributed by atoms with Gasteiger partial charge < -0.3 is 0 Å². The number of sulfonamides is 1. The fourth-order valence-corrected chi connectivity index (χ4v) is 4.58. The van der Waals surface area contributed by atoms with Crippen LogP contribution >= 0.6 is 11.6 Å². The van der Waals surface area contributed by atoms with Crippen molar-refractivity contribution >= 4 is 39.5 Å². The van der Waals surface area contributed by atoms with E-state index in [0.717, 1.165) is 18.9 Å². The fourth-order valence-electron chi connectivity index (χ4n) is 2.88. The second-order valence-electron chi connectivity index (χ2n) is 6.59. The maximum atomic E-state index is 13.1. The van der Waals surface area contributed by atoms with E-state index in [2.05, 4.69) is 10.9 Å². The minimum atomic E-state index is -3.56. The van der Waals surface area contributed by atoms with Crippen molar-refractivity contribution in [1.82, 2.24) is 15.2 Å². The summed E-state index contributed by atoms with van der Waals surface area (Å²) in [5.74, 6) is -1.78. The Hall–Kier alpha value is -2.75. The molecule has 1 aliphatic heterocycles. The molecule has 1 heterocycles. The van der Waals surface area contributed by atoms with E-state index in [1.165, 1.54) is 52.8 Å². The second-order valence-corrected chi connectivity index (χ2v) is 8.93. The summed E-state index contributed by atoms with van der Waals surface area (Å²) in [6.45, 7) is 0.989. The monoisotopic (exact) mass is 451 g/mol. The van der Waals surface area contributed by atoms with Crippen LogP contribution in [-0.2, 0) is 14.8 Å². The number of rotatable bonds is 5. The third-order valence-electron chi connectivity index (χ3n) is 4.49. The van der Waals surface area contributed by atoms with Gasteiger partial charge in [-0.25, -0.2) is 12.8 Å². The highest BCUT2D eigenvalue weighted by Crippen LogP contribution is 2.21. The lowest BCUT2D eigenvalue weighted by Crippen LogP contribution is -2.40. The van der Waals surface area contributed by atoms with E-state index in [1.54, 1.807) is 0 Å². The lowest BCUT2D eigenvalue weighted by Gasteiger charge is -2.15. The molecule has 2 N–H and O–H groups in total. The van der Waals surface area contributed by atoms with Gasteiger partial charge in [0, 0.05) is 24.7 Å². The van der Waals surface area contributed by atoms with Gasteiger partial charge in [-0.2, -0.15) is 4.31 Å². The summed E-state index contributed by atoms with van der Waals surface area (Å²) in [4.78, 5) is 24.1. The van der Waals surface area contributed by atoms with Gasteiger partial charge in [0.05, 0.1) is 9.92 Å². The molecule has 1 aliphatic rings. The number of hydrogen-bond donors (Lipinski definition) is 2. The summed E-state index contributed by atoms with van der Waals surface area (Å²) >= 11 is 5.67. The summed E-state index contributed by atoms with van der Waals surface area (Å²) in [6.07, 6.45) is 4.23. The smallest absolute Gasteiger partial charge is 0.268 e. The number of amides is 2. The van der Waals surface area contributed by atoms with Gasteiger partial charge in [-0.15, -0.1) is 0 Å². The van der Waals surface area contributed by atoms with Crippen molar-refractivity contribution in [1.29, 1.82) is 0 Å². The number of nitrogens with zero attached hydrogens (tertiary/aromatic N) is 1. The van der Waals surface area contributed by atoms with E-state index in [-0.39, 0.29) is 15.5 Å². The second kappa shape index (κ2) is 9.38. The average molecular weight is 452 g/mol. The van der Waals surface area contributed by atoms with Gasteiger partial charge in [-0.1, -0.05) is 17.7 Å². The standard InChI is InChI=1S/C20H19ClFN3O4S/c21-17-13-14(3-9-18(17)22)4-10-19(26)23-24-20(27)15-5-7-16(8-6-15)30(28,29)25-11-1-2-12-25/h3-10,13H,1-2,11-12H2,(H,23,26)(H,24,27)/b10-4+. The molecule has 2 amide bonds. The molecule has 0 unspecified atom stereocenters. The molecule has 0 radical (unpaired) electrons. The molecule has 2 aromatic carbocycles. The zero-order chi connectivity index (χ0) is 21.7. The Labute approximate surface area is 178 Å². The molecule has 0 aliphatic carbocycles. The molecule has 1 saturated heterocycles. The summed E-state index contributed by atoms with van der Waals surface area (Å²) < 4.78 is 39.5. The summed E-state index contributed by atoms with van der Waals surface area (Å²) in [7, 11) is -3.56. The molecule has 7 nitrogen and oxygen atoms in total. The number of halogens is 2. The van der Waals surface area contributed by atoms with Crippen LogP contribution < -0.4 is 10.9 Å². The van der Waals surface area contributed by atoms with E-state index < -0.39 is 27.7 Å². The first-order valence-corrected chi connectivity index (χ1v) is 10.9. The van der Waals surface area contributed by atoms with Crippen molar-refractivity contribution in [2.24, 2.45) is 0 Å². The maximum Gasteiger partial charge on any atom is 0.269 e. The van der Waals surface area contributed by atoms with E-state index in [4.69, 9.17) is 11.6 Å². The molecule has 10 heteroatoms. The minimum Gasteiger partial charge on any atom is -0.268 e. The molecule has 0 spiro atoms. The Morgan fingerprint density at radius 3 is 2.33 bits per heavy atom. The molecule has 30 heavy (non-hydrogen) atoms. The van der Waals surface area contributed by atoms with Gasteiger partial charge in [0.25, 0.3) is 11.8 Å². The van der Waals surface area contributed by atoms with Crippen LogP contribution in [0.25, 0.3) is 6.08 Å². The lowest BCUT2D eigenvalue weighted by molar-refractivity contribution is -0.117. The highest BCUT2D eigenvalue weighted by atomic mass is 35.5. The van der Waals surface area contributed by atoms with Crippen molar-refractivity contribution in [3.05, 3.63) is 70.5 Å². The number of hydrazine groups is 1. The number of carbonyl (C=O) groups is 2. The van der Waals surface area contributed by atoms with Crippen molar-refractivity contribution in [3.8, 4) is 0 Å². The molecular weight excluding hydrogens is 433 g/mol. The first kappa shape index (κ1) is 21.9. The van der Waals surface area contributed by atoms with Gasteiger partial charge in [0.15, 0.2) is 0 Å². The van der Waals surface area contributed by atoms with Gasteiger partial charge in [0.2, 0.25) is 10.0 Å². The van der Waals surface area contributed by atoms with Crippen LogP contribution in [0.1, 0.15) is 28.8 Å². The predicted octanol–water partition coefficient (Wildman–Crippen LogP) is 2.74. The topological polar surface area (TPSA) is 95.6 Å². The van der Waals surface area contributed by atoms with Gasteiger partial charge in [-0.05, 0) is 60.9 Å². The molecular formula is C20H19ClFN3O4S. The molecule has 158 valence electrons. The first-order valence-electron chi connectivity index (χ1n) is 9.11. The predicted molar refractivity (Wildman–Crippen MR) is 110 cm³/mol. The number of benzene rings is 2. The van der Waals surface area contributed by atoms with Crippen LogP contribution in [0, 0.1) is 5.82 Å². The van der Waals surface area contributed by atoms with Crippen molar-refractivity contribution in [3.63, 3.8) is 0 Å². The molecule has 0 atom stereocenters. The largest absolute Gasteiger partial charge is 0.269 e. The van der Waals surface area contributed by atoms with Crippen LogP contribution in [0.3, 0.4) is 0 Å². The molecule has 0 bridgehead atoms. The lowest BCUT2D eigenvalue weighted by atomic mass is 10.2. The van der Waals surface area contributed by atoms with Gasteiger partial charge in [-0.3, -0.25) is 20.4 Å². The Kier molecular flexibility index (Phi) is 6.86. The van der Waals surface area contributed by atoms with Crippen molar-refractivity contribution in [2.45, 2.75) is 17.7 Å². The Balaban J connectivity index is 1.56. The zero-order valence-corrected chi connectivity index (χ0v) is 17.3. The van der Waals surface area contributed by atoms with E-state index in [1.807, 2.05) is 0 Å². The third kappa shape index (κ3) is 5.24. The van der Waals surface area contributed by atoms with Gasteiger partial charge >= 0.3 is 0 Å². The molecule has 0 saturated carbocycles. The third-order valence-corrected chi connectivity index (χ3v) is 6.69. The highest BCUT2D eigenvalue weighted by Gasteiger charge is 2.27. The Bertz CT molecular complexity index is 1080. The number of nitrogens with one attached hydrogen (secondary N) is 2. The number of carbonyl (C=O) groups excluding carboxylic acids is 2. The Morgan fingerprint density at radius 1 is 1.03 bits per heavy atom. The van der Waals surface area contributed by atoms with Crippen LogP contribution in [0.4, 0.5) is 4.39 Å². The summed E-state index contributed by atoms with van der Waals surface area (Å²) in [6, 6.07) is 9.46. The van der Waals surface area contributed by atoms with E-state index in [9.17, 15) is 22.4 Å². The molecule has 1 fully saturated rings. The maximum absolute atomic E-state index is 13.1.